The zero-order chi connectivity index (χ0) is 22.1. The molecule has 1 fully saturated rings. The van der Waals surface area contributed by atoms with E-state index in [1.54, 1.807) is 12.3 Å². The van der Waals surface area contributed by atoms with Crippen molar-refractivity contribution in [2.75, 3.05) is 18.0 Å². The molecule has 0 saturated carbocycles. The minimum atomic E-state index is -0.229. The van der Waals surface area contributed by atoms with E-state index in [4.69, 9.17) is 9.97 Å². The predicted molar refractivity (Wildman–Crippen MR) is 120 cm³/mol. The van der Waals surface area contributed by atoms with Crippen molar-refractivity contribution in [2.45, 2.75) is 45.2 Å². The van der Waals surface area contributed by atoms with E-state index in [0.717, 1.165) is 49.3 Å². The smallest absolute Gasteiger partial charge is 0.273 e. The summed E-state index contributed by atoms with van der Waals surface area (Å²) in [6.07, 6.45) is 5.38. The van der Waals surface area contributed by atoms with Gasteiger partial charge in [-0.05, 0) is 62.4 Å². The number of carbonyl (C=O) groups is 1. The van der Waals surface area contributed by atoms with Gasteiger partial charge in [-0.2, -0.15) is 0 Å². The standard InChI is InChI=1S/C25H26FN5O/c1-17-20-6-4-14-30(16-18-9-11-19(26)12-10-18)24(20)29-23(28-17)22-8-5-15-31(22)25(32)21-7-2-3-13-27-21/h2-3,7,9-13,22H,4-6,8,14-16H2,1H3/t22-/m0/s1. The first kappa shape index (κ1) is 20.5. The molecule has 0 aliphatic carbocycles. The van der Waals surface area contributed by atoms with Crippen LogP contribution in [0, 0.1) is 12.7 Å². The first-order valence-electron chi connectivity index (χ1n) is 11.2. The molecule has 0 unspecified atom stereocenters. The Labute approximate surface area is 187 Å². The molecule has 0 N–H and O–H groups in total. The Morgan fingerprint density at radius 3 is 2.72 bits per heavy atom. The molecule has 0 spiro atoms. The van der Waals surface area contributed by atoms with Crippen LogP contribution in [0.1, 0.15) is 58.4 Å². The number of amides is 1. The Bertz CT molecular complexity index is 1120. The molecular formula is C25H26FN5O. The van der Waals surface area contributed by atoms with Crippen molar-refractivity contribution in [3.8, 4) is 0 Å². The molecule has 1 amide bonds. The van der Waals surface area contributed by atoms with Crippen LogP contribution in [0.3, 0.4) is 0 Å². The van der Waals surface area contributed by atoms with E-state index in [2.05, 4.69) is 9.88 Å². The highest BCUT2D eigenvalue weighted by atomic mass is 19.1. The van der Waals surface area contributed by atoms with Gasteiger partial charge in [0.15, 0.2) is 5.82 Å². The molecule has 3 aromatic rings. The predicted octanol–water partition coefficient (Wildman–Crippen LogP) is 4.25. The molecule has 1 saturated heterocycles. The Kier molecular flexibility index (Phi) is 5.55. The van der Waals surface area contributed by atoms with Gasteiger partial charge in [0, 0.05) is 37.1 Å². The number of carbonyl (C=O) groups excluding carboxylic acids is 1. The highest BCUT2D eigenvalue weighted by Crippen LogP contribution is 2.35. The van der Waals surface area contributed by atoms with Gasteiger partial charge in [-0.1, -0.05) is 18.2 Å². The van der Waals surface area contributed by atoms with Crippen LogP contribution in [0.4, 0.5) is 10.2 Å². The number of hydrogen-bond acceptors (Lipinski definition) is 5. The minimum Gasteiger partial charge on any atom is -0.352 e. The summed E-state index contributed by atoms with van der Waals surface area (Å²) < 4.78 is 13.3. The molecule has 1 atom stereocenters. The van der Waals surface area contributed by atoms with E-state index >= 15 is 0 Å². The van der Waals surface area contributed by atoms with Crippen molar-refractivity contribution in [1.29, 1.82) is 0 Å². The maximum atomic E-state index is 13.3. The van der Waals surface area contributed by atoms with Gasteiger partial charge in [-0.3, -0.25) is 9.78 Å². The fourth-order valence-corrected chi connectivity index (χ4v) is 4.74. The lowest BCUT2D eigenvalue weighted by Gasteiger charge is -2.32. The molecule has 4 heterocycles. The Hall–Kier alpha value is -3.35. The Morgan fingerprint density at radius 2 is 1.94 bits per heavy atom. The number of benzene rings is 1. The van der Waals surface area contributed by atoms with Gasteiger partial charge in [0.25, 0.3) is 5.91 Å². The molecule has 2 aromatic heterocycles. The lowest BCUT2D eigenvalue weighted by Crippen LogP contribution is -2.34. The maximum absolute atomic E-state index is 13.3. The number of aromatic nitrogens is 3. The van der Waals surface area contributed by atoms with Crippen LogP contribution < -0.4 is 4.90 Å². The lowest BCUT2D eigenvalue weighted by molar-refractivity contribution is 0.0723. The molecule has 2 aliphatic rings. The maximum Gasteiger partial charge on any atom is 0.273 e. The average molecular weight is 432 g/mol. The van der Waals surface area contributed by atoms with Crippen LogP contribution in [-0.4, -0.2) is 38.8 Å². The van der Waals surface area contributed by atoms with Crippen LogP contribution in [0.5, 0.6) is 0 Å². The van der Waals surface area contributed by atoms with Crippen LogP contribution >= 0.6 is 0 Å². The number of nitrogens with zero attached hydrogens (tertiary/aromatic N) is 5. The van der Waals surface area contributed by atoms with Crippen molar-refractivity contribution in [2.24, 2.45) is 0 Å². The Morgan fingerprint density at radius 1 is 1.09 bits per heavy atom. The number of likely N-dealkylation sites (tertiary alicyclic amines) is 1. The summed E-state index contributed by atoms with van der Waals surface area (Å²) in [6.45, 7) is 4.27. The third-order valence-corrected chi connectivity index (χ3v) is 6.35. The van der Waals surface area contributed by atoms with Gasteiger partial charge < -0.3 is 9.80 Å². The zero-order valence-electron chi connectivity index (χ0n) is 18.2. The summed E-state index contributed by atoms with van der Waals surface area (Å²) in [5, 5.41) is 0. The second-order valence-corrected chi connectivity index (χ2v) is 8.49. The average Bonchev–Trinajstić information content (AvgIpc) is 3.31. The largest absolute Gasteiger partial charge is 0.352 e. The van der Waals surface area contributed by atoms with Crippen LogP contribution in [0.2, 0.25) is 0 Å². The fraction of sp³-hybridized carbons (Fsp3) is 0.360. The van der Waals surface area contributed by atoms with E-state index in [9.17, 15) is 9.18 Å². The highest BCUT2D eigenvalue weighted by molar-refractivity contribution is 5.92. The number of pyridine rings is 1. The lowest BCUT2D eigenvalue weighted by atomic mass is 10.0. The van der Waals surface area contributed by atoms with Crippen molar-refractivity contribution in [3.63, 3.8) is 0 Å². The molecule has 7 heteroatoms. The summed E-state index contributed by atoms with van der Waals surface area (Å²) in [7, 11) is 0. The third-order valence-electron chi connectivity index (χ3n) is 6.35. The topological polar surface area (TPSA) is 62.2 Å². The van der Waals surface area contributed by atoms with Gasteiger partial charge in [-0.25, -0.2) is 14.4 Å². The molecule has 5 rings (SSSR count). The van der Waals surface area contributed by atoms with Crippen molar-refractivity contribution in [1.82, 2.24) is 19.9 Å². The van der Waals surface area contributed by atoms with Crippen LogP contribution in [0.15, 0.2) is 48.7 Å². The van der Waals surface area contributed by atoms with E-state index in [1.807, 2.05) is 36.1 Å². The molecule has 0 bridgehead atoms. The zero-order valence-corrected chi connectivity index (χ0v) is 18.2. The summed E-state index contributed by atoms with van der Waals surface area (Å²) in [5.41, 5.74) is 3.64. The third kappa shape index (κ3) is 3.95. The fourth-order valence-electron chi connectivity index (χ4n) is 4.74. The monoisotopic (exact) mass is 431 g/mol. The van der Waals surface area contributed by atoms with Gasteiger partial charge in [-0.15, -0.1) is 0 Å². The quantitative estimate of drug-likeness (QED) is 0.618. The molecule has 6 nitrogen and oxygen atoms in total. The second kappa shape index (κ2) is 8.65. The minimum absolute atomic E-state index is 0.0738. The highest BCUT2D eigenvalue weighted by Gasteiger charge is 2.34. The summed E-state index contributed by atoms with van der Waals surface area (Å²) in [5.74, 6) is 1.34. The number of halogens is 1. The van der Waals surface area contributed by atoms with E-state index in [0.29, 0.717) is 24.6 Å². The summed E-state index contributed by atoms with van der Waals surface area (Å²) in [4.78, 5) is 31.3. The van der Waals surface area contributed by atoms with Crippen molar-refractivity contribution < 1.29 is 9.18 Å². The van der Waals surface area contributed by atoms with Crippen molar-refractivity contribution >= 4 is 11.7 Å². The SMILES string of the molecule is Cc1nc([C@@H]2CCCN2C(=O)c2ccccn2)nc2c1CCCN2Cc1ccc(F)cc1. The molecule has 0 radical (unpaired) electrons. The number of fused-ring (bicyclic) bond motifs is 1. The first-order chi connectivity index (χ1) is 15.6. The number of hydrogen-bond donors (Lipinski definition) is 0. The van der Waals surface area contributed by atoms with E-state index in [-0.39, 0.29) is 17.8 Å². The van der Waals surface area contributed by atoms with Gasteiger partial charge in [0.2, 0.25) is 0 Å². The van der Waals surface area contributed by atoms with Gasteiger partial charge in [0.1, 0.15) is 17.3 Å². The summed E-state index contributed by atoms with van der Waals surface area (Å²) >= 11 is 0. The molecule has 32 heavy (non-hydrogen) atoms. The summed E-state index contributed by atoms with van der Waals surface area (Å²) in [6, 6.07) is 11.9. The molecule has 164 valence electrons. The van der Waals surface area contributed by atoms with Gasteiger partial charge in [0.05, 0.1) is 6.04 Å². The molecule has 1 aromatic carbocycles. The van der Waals surface area contributed by atoms with Crippen molar-refractivity contribution in [3.05, 3.63) is 82.8 Å². The number of anilines is 1. The molecular weight excluding hydrogens is 405 g/mol. The normalized spacial score (nSPS) is 18.0. The molecule has 2 aliphatic heterocycles. The van der Waals surface area contributed by atoms with Crippen LogP contribution in [0.25, 0.3) is 0 Å². The van der Waals surface area contributed by atoms with Crippen LogP contribution in [-0.2, 0) is 13.0 Å². The van der Waals surface area contributed by atoms with Gasteiger partial charge >= 0.3 is 0 Å². The number of aryl methyl sites for hydroxylation is 1. The van der Waals surface area contributed by atoms with E-state index < -0.39 is 0 Å². The first-order valence-corrected chi connectivity index (χ1v) is 11.2. The van der Waals surface area contributed by atoms with E-state index in [1.165, 1.54) is 17.7 Å². The second-order valence-electron chi connectivity index (χ2n) is 8.49. The Balaban J connectivity index is 1.46. The number of rotatable bonds is 4.